The maximum atomic E-state index is 6.34. The minimum absolute atomic E-state index is 0.0420. The molecule has 1 aromatic rings. The molecule has 134 valence electrons. The highest BCUT2D eigenvalue weighted by Gasteiger charge is 2.55. The minimum atomic E-state index is -0.606. The topological polar surface area (TPSA) is 36.9 Å². The van der Waals surface area contributed by atoms with E-state index in [1.54, 1.807) is 0 Å². The van der Waals surface area contributed by atoms with Gasteiger partial charge in [-0.3, -0.25) is 0 Å². The van der Waals surface area contributed by atoms with Crippen LogP contribution in [0.25, 0.3) is 0 Å². The standard InChI is InChI=1S/C20H30O4/c1-6-7-11-16-17(18-19(22-16)24-20(4,5)23-18)21-12-15-13(2)9-8-10-14(15)3/h8-10,16-19H,6-7,11-12H2,1-5H3/t16-,17+,18-,19-/m1/s1. The summed E-state index contributed by atoms with van der Waals surface area (Å²) in [6.45, 7) is 10.9. The van der Waals surface area contributed by atoms with Gasteiger partial charge in [0.2, 0.25) is 0 Å². The quantitative estimate of drug-likeness (QED) is 0.779. The number of hydrogen-bond acceptors (Lipinski definition) is 4. The lowest BCUT2D eigenvalue weighted by atomic mass is 10.0. The van der Waals surface area contributed by atoms with Gasteiger partial charge in [0, 0.05) is 0 Å². The number of fused-ring (bicyclic) bond motifs is 1. The Hall–Kier alpha value is -0.940. The molecular weight excluding hydrogens is 304 g/mol. The summed E-state index contributed by atoms with van der Waals surface area (Å²) in [4.78, 5) is 0. The predicted octanol–water partition coefficient (Wildman–Crippen LogP) is 4.26. The molecule has 0 aliphatic carbocycles. The van der Waals surface area contributed by atoms with Crippen LogP contribution in [0.2, 0.25) is 0 Å². The van der Waals surface area contributed by atoms with Crippen LogP contribution in [0.3, 0.4) is 0 Å². The van der Waals surface area contributed by atoms with Crippen LogP contribution in [0.5, 0.6) is 0 Å². The zero-order valence-corrected chi connectivity index (χ0v) is 15.5. The molecule has 0 N–H and O–H groups in total. The van der Waals surface area contributed by atoms with Gasteiger partial charge in [0.15, 0.2) is 12.1 Å². The SMILES string of the molecule is CCCC[C@H]1O[C@@H]2OC(C)(C)O[C@@H]2[C@H]1OCc1c(C)cccc1C. The molecule has 1 aromatic carbocycles. The molecule has 2 heterocycles. The van der Waals surface area contributed by atoms with E-state index < -0.39 is 5.79 Å². The number of aryl methyl sites for hydroxylation is 2. The lowest BCUT2D eigenvalue weighted by Gasteiger charge is -2.26. The fraction of sp³-hybridized carbons (Fsp3) is 0.700. The Labute approximate surface area is 145 Å². The summed E-state index contributed by atoms with van der Waals surface area (Å²) in [5.74, 6) is -0.606. The summed E-state index contributed by atoms with van der Waals surface area (Å²) in [5, 5.41) is 0. The Morgan fingerprint density at radius 3 is 2.50 bits per heavy atom. The average molecular weight is 334 g/mol. The van der Waals surface area contributed by atoms with Crippen LogP contribution < -0.4 is 0 Å². The molecule has 2 saturated heterocycles. The maximum Gasteiger partial charge on any atom is 0.190 e. The van der Waals surface area contributed by atoms with E-state index in [9.17, 15) is 0 Å². The van der Waals surface area contributed by atoms with Gasteiger partial charge in [-0.25, -0.2) is 0 Å². The highest BCUT2D eigenvalue weighted by Crippen LogP contribution is 2.40. The molecule has 4 atom stereocenters. The number of rotatable bonds is 6. The van der Waals surface area contributed by atoms with Crippen LogP contribution in [0.15, 0.2) is 18.2 Å². The van der Waals surface area contributed by atoms with E-state index in [2.05, 4.69) is 39.0 Å². The molecule has 2 fully saturated rings. The summed E-state index contributed by atoms with van der Waals surface area (Å²) in [7, 11) is 0. The van der Waals surface area contributed by atoms with Gasteiger partial charge in [-0.05, 0) is 50.8 Å². The van der Waals surface area contributed by atoms with Gasteiger partial charge in [-0.1, -0.05) is 38.0 Å². The van der Waals surface area contributed by atoms with Crippen molar-refractivity contribution in [1.29, 1.82) is 0 Å². The van der Waals surface area contributed by atoms with Gasteiger partial charge >= 0.3 is 0 Å². The third-order valence-electron chi connectivity index (χ3n) is 4.99. The van der Waals surface area contributed by atoms with Gasteiger partial charge < -0.3 is 18.9 Å². The Bertz CT molecular complexity index is 549. The van der Waals surface area contributed by atoms with Crippen molar-refractivity contribution in [2.45, 2.75) is 90.9 Å². The molecule has 24 heavy (non-hydrogen) atoms. The van der Waals surface area contributed by atoms with Crippen molar-refractivity contribution < 1.29 is 18.9 Å². The first-order valence-electron chi connectivity index (χ1n) is 9.09. The zero-order valence-electron chi connectivity index (χ0n) is 15.5. The molecule has 0 radical (unpaired) electrons. The largest absolute Gasteiger partial charge is 0.368 e. The van der Waals surface area contributed by atoms with Gasteiger partial charge in [-0.15, -0.1) is 0 Å². The molecule has 2 aliphatic heterocycles. The fourth-order valence-electron chi connectivity index (χ4n) is 3.64. The Morgan fingerprint density at radius 2 is 1.83 bits per heavy atom. The molecule has 0 spiro atoms. The van der Waals surface area contributed by atoms with Crippen molar-refractivity contribution >= 4 is 0 Å². The van der Waals surface area contributed by atoms with Crippen LogP contribution in [0, 0.1) is 13.8 Å². The molecule has 0 amide bonds. The first-order chi connectivity index (χ1) is 11.4. The minimum Gasteiger partial charge on any atom is -0.368 e. The molecule has 3 rings (SSSR count). The van der Waals surface area contributed by atoms with Crippen molar-refractivity contribution in [3.05, 3.63) is 34.9 Å². The highest BCUT2D eigenvalue weighted by molar-refractivity contribution is 5.32. The van der Waals surface area contributed by atoms with Crippen molar-refractivity contribution in [3.63, 3.8) is 0 Å². The first-order valence-corrected chi connectivity index (χ1v) is 9.09. The van der Waals surface area contributed by atoms with Crippen LogP contribution in [0.1, 0.15) is 56.7 Å². The first kappa shape index (κ1) is 17.9. The van der Waals surface area contributed by atoms with E-state index >= 15 is 0 Å². The van der Waals surface area contributed by atoms with E-state index in [1.807, 2.05) is 13.8 Å². The fourth-order valence-corrected chi connectivity index (χ4v) is 3.64. The van der Waals surface area contributed by atoms with Gasteiger partial charge in [0.1, 0.15) is 12.2 Å². The Morgan fingerprint density at radius 1 is 1.12 bits per heavy atom. The molecule has 0 saturated carbocycles. The van der Waals surface area contributed by atoms with Gasteiger partial charge in [0.25, 0.3) is 0 Å². The summed E-state index contributed by atoms with van der Waals surface area (Å²) in [5.41, 5.74) is 3.78. The molecule has 4 nitrogen and oxygen atoms in total. The summed E-state index contributed by atoms with van der Waals surface area (Å²) < 4.78 is 24.4. The number of unbranched alkanes of at least 4 members (excludes halogenated alkanes) is 1. The lowest BCUT2D eigenvalue weighted by Crippen LogP contribution is -2.37. The molecular formula is C20H30O4. The monoisotopic (exact) mass is 334 g/mol. The van der Waals surface area contributed by atoms with Crippen LogP contribution in [-0.4, -0.2) is 30.4 Å². The Balaban J connectivity index is 1.72. The van der Waals surface area contributed by atoms with E-state index in [-0.39, 0.29) is 24.6 Å². The second-order valence-corrected chi connectivity index (χ2v) is 7.43. The summed E-state index contributed by atoms with van der Waals surface area (Å²) in [6, 6.07) is 6.35. The van der Waals surface area contributed by atoms with E-state index in [1.165, 1.54) is 16.7 Å². The number of benzene rings is 1. The van der Waals surface area contributed by atoms with E-state index in [0.717, 1.165) is 19.3 Å². The van der Waals surface area contributed by atoms with E-state index in [0.29, 0.717) is 6.61 Å². The van der Waals surface area contributed by atoms with Gasteiger partial charge in [0.05, 0.1) is 12.7 Å². The predicted molar refractivity (Wildman–Crippen MR) is 92.7 cm³/mol. The van der Waals surface area contributed by atoms with E-state index in [4.69, 9.17) is 18.9 Å². The second kappa shape index (κ2) is 7.12. The average Bonchev–Trinajstić information content (AvgIpc) is 2.96. The highest BCUT2D eigenvalue weighted by atomic mass is 16.8. The Kier molecular flexibility index (Phi) is 5.30. The maximum absolute atomic E-state index is 6.34. The molecule has 0 aromatic heterocycles. The van der Waals surface area contributed by atoms with Crippen molar-refractivity contribution in [2.75, 3.05) is 0 Å². The number of ether oxygens (including phenoxy) is 4. The third-order valence-corrected chi connectivity index (χ3v) is 4.99. The molecule has 0 unspecified atom stereocenters. The molecule has 4 heteroatoms. The van der Waals surface area contributed by atoms with Crippen LogP contribution >= 0.6 is 0 Å². The lowest BCUT2D eigenvalue weighted by molar-refractivity contribution is -0.219. The zero-order chi connectivity index (χ0) is 17.3. The normalized spacial score (nSPS) is 31.4. The smallest absolute Gasteiger partial charge is 0.190 e. The van der Waals surface area contributed by atoms with Crippen LogP contribution in [-0.2, 0) is 25.6 Å². The van der Waals surface area contributed by atoms with Crippen LogP contribution in [0.4, 0.5) is 0 Å². The van der Waals surface area contributed by atoms with Crippen molar-refractivity contribution in [2.24, 2.45) is 0 Å². The summed E-state index contributed by atoms with van der Waals surface area (Å²) >= 11 is 0. The molecule has 2 aliphatic rings. The van der Waals surface area contributed by atoms with Crippen molar-refractivity contribution in [1.82, 2.24) is 0 Å². The van der Waals surface area contributed by atoms with Gasteiger partial charge in [-0.2, -0.15) is 0 Å². The summed E-state index contributed by atoms with van der Waals surface area (Å²) in [6.07, 6.45) is 2.75. The van der Waals surface area contributed by atoms with Crippen molar-refractivity contribution in [3.8, 4) is 0 Å². The third kappa shape index (κ3) is 3.67. The number of hydrogen-bond donors (Lipinski definition) is 0. The second-order valence-electron chi connectivity index (χ2n) is 7.43. The molecule has 0 bridgehead atoms.